The number of phenols is 1. The van der Waals surface area contributed by atoms with E-state index in [1.807, 2.05) is 4.57 Å². The van der Waals surface area contributed by atoms with Crippen molar-refractivity contribution in [2.75, 3.05) is 11.6 Å². The van der Waals surface area contributed by atoms with Crippen LogP contribution in [-0.2, 0) is 16.4 Å². The van der Waals surface area contributed by atoms with Gasteiger partial charge in [0.1, 0.15) is 5.75 Å². The van der Waals surface area contributed by atoms with Crippen LogP contribution in [0.1, 0.15) is 25.7 Å². The first-order chi connectivity index (χ1) is 16.2. The normalized spacial score (nSPS) is 18.4. The molecular formula is C24H27ClN4O4S. The molecule has 0 spiro atoms. The highest BCUT2D eigenvalue weighted by Crippen LogP contribution is 2.33. The SMILES string of the molecule is CS(=O)(=O)c1ccc(NC(=O)N[C@H]2CC[C@@H](Cn3cncc3-c3cc(Cl)ccc3O)CC2)cc1. The molecule has 0 saturated heterocycles. The Balaban J connectivity index is 1.29. The van der Waals surface area contributed by atoms with Gasteiger partial charge in [-0.3, -0.25) is 0 Å². The van der Waals surface area contributed by atoms with Crippen molar-refractivity contribution in [3.05, 3.63) is 60.0 Å². The fourth-order valence-corrected chi connectivity index (χ4v) is 5.11. The van der Waals surface area contributed by atoms with Gasteiger partial charge in [-0.25, -0.2) is 18.2 Å². The minimum Gasteiger partial charge on any atom is -0.507 e. The molecule has 1 heterocycles. The fourth-order valence-electron chi connectivity index (χ4n) is 4.31. The molecular weight excluding hydrogens is 476 g/mol. The van der Waals surface area contributed by atoms with Gasteiger partial charge in [0.05, 0.1) is 23.1 Å². The Bertz CT molecular complexity index is 1270. The number of imidazole rings is 1. The van der Waals surface area contributed by atoms with Crippen molar-refractivity contribution in [1.29, 1.82) is 0 Å². The number of phenolic OH excluding ortho intramolecular Hbond substituents is 1. The van der Waals surface area contributed by atoms with Gasteiger partial charge in [0, 0.05) is 35.1 Å². The molecule has 2 aromatic carbocycles. The smallest absolute Gasteiger partial charge is 0.319 e. The largest absolute Gasteiger partial charge is 0.507 e. The van der Waals surface area contributed by atoms with Crippen LogP contribution in [0.25, 0.3) is 11.3 Å². The molecule has 180 valence electrons. The molecule has 3 N–H and O–H groups in total. The molecule has 3 aromatic rings. The summed E-state index contributed by atoms with van der Waals surface area (Å²) in [6.07, 6.45) is 8.26. The Morgan fingerprint density at radius 3 is 2.53 bits per heavy atom. The summed E-state index contributed by atoms with van der Waals surface area (Å²) in [5.74, 6) is 0.593. The number of anilines is 1. The molecule has 0 unspecified atom stereocenters. The van der Waals surface area contributed by atoms with E-state index >= 15 is 0 Å². The van der Waals surface area contributed by atoms with Crippen molar-refractivity contribution in [3.8, 4) is 17.0 Å². The maximum atomic E-state index is 12.4. The molecule has 34 heavy (non-hydrogen) atoms. The number of amides is 2. The van der Waals surface area contributed by atoms with Gasteiger partial charge in [0.2, 0.25) is 0 Å². The summed E-state index contributed by atoms with van der Waals surface area (Å²) in [6, 6.07) is 10.8. The number of urea groups is 1. The first kappa shape index (κ1) is 24.1. The third-order valence-corrected chi connectivity index (χ3v) is 7.49. The third kappa shape index (κ3) is 5.90. The van der Waals surface area contributed by atoms with E-state index in [9.17, 15) is 18.3 Å². The zero-order chi connectivity index (χ0) is 24.3. The van der Waals surface area contributed by atoms with Gasteiger partial charge in [-0.15, -0.1) is 0 Å². The van der Waals surface area contributed by atoms with E-state index in [0.717, 1.165) is 44.2 Å². The zero-order valence-corrected chi connectivity index (χ0v) is 20.3. The lowest BCUT2D eigenvalue weighted by Gasteiger charge is -2.29. The monoisotopic (exact) mass is 502 g/mol. The number of nitrogens with zero attached hydrogens (tertiary/aromatic N) is 2. The van der Waals surface area contributed by atoms with Crippen molar-refractivity contribution >= 4 is 33.2 Å². The number of halogens is 1. The number of benzene rings is 2. The van der Waals surface area contributed by atoms with Crippen molar-refractivity contribution in [2.45, 2.75) is 43.2 Å². The van der Waals surface area contributed by atoms with Crippen molar-refractivity contribution in [3.63, 3.8) is 0 Å². The second kappa shape index (κ2) is 10.1. The quantitative estimate of drug-likeness (QED) is 0.452. The van der Waals surface area contributed by atoms with E-state index in [4.69, 9.17) is 11.6 Å². The first-order valence-electron chi connectivity index (χ1n) is 11.1. The average molecular weight is 503 g/mol. The number of hydrogen-bond acceptors (Lipinski definition) is 5. The summed E-state index contributed by atoms with van der Waals surface area (Å²) < 4.78 is 25.1. The number of rotatable bonds is 6. The fraction of sp³-hybridized carbons (Fsp3) is 0.333. The summed E-state index contributed by atoms with van der Waals surface area (Å²) in [7, 11) is -3.27. The van der Waals surface area contributed by atoms with Gasteiger partial charge in [-0.05, 0) is 74.1 Å². The minimum absolute atomic E-state index is 0.0748. The van der Waals surface area contributed by atoms with E-state index in [1.165, 1.54) is 12.1 Å². The van der Waals surface area contributed by atoms with Crippen LogP contribution in [0.2, 0.25) is 5.02 Å². The molecule has 0 atom stereocenters. The van der Waals surface area contributed by atoms with E-state index in [1.54, 1.807) is 42.9 Å². The van der Waals surface area contributed by atoms with Crippen LogP contribution in [0.5, 0.6) is 5.75 Å². The van der Waals surface area contributed by atoms with Crippen molar-refractivity contribution in [2.24, 2.45) is 5.92 Å². The van der Waals surface area contributed by atoms with Crippen molar-refractivity contribution < 1.29 is 18.3 Å². The maximum absolute atomic E-state index is 12.4. The number of nitrogens with one attached hydrogen (secondary N) is 2. The highest BCUT2D eigenvalue weighted by molar-refractivity contribution is 7.90. The molecule has 1 fully saturated rings. The predicted molar refractivity (Wildman–Crippen MR) is 132 cm³/mol. The summed E-state index contributed by atoms with van der Waals surface area (Å²) in [5.41, 5.74) is 2.01. The van der Waals surface area contributed by atoms with Gasteiger partial charge < -0.3 is 20.3 Å². The van der Waals surface area contributed by atoms with Crippen LogP contribution in [-0.4, -0.2) is 41.4 Å². The van der Waals surface area contributed by atoms with Gasteiger partial charge >= 0.3 is 6.03 Å². The Hall–Kier alpha value is -3.04. The molecule has 0 radical (unpaired) electrons. The zero-order valence-electron chi connectivity index (χ0n) is 18.7. The molecule has 0 aliphatic heterocycles. The Morgan fingerprint density at radius 2 is 1.85 bits per heavy atom. The summed E-state index contributed by atoms with van der Waals surface area (Å²) in [4.78, 5) is 16.8. The van der Waals surface area contributed by atoms with E-state index < -0.39 is 9.84 Å². The lowest BCUT2D eigenvalue weighted by atomic mass is 9.86. The summed E-state index contributed by atoms with van der Waals surface area (Å²) >= 11 is 6.11. The van der Waals surface area contributed by atoms with Crippen LogP contribution in [0.4, 0.5) is 10.5 Å². The molecule has 1 saturated carbocycles. The lowest BCUT2D eigenvalue weighted by molar-refractivity contribution is 0.234. The number of aromatic nitrogens is 2. The number of hydrogen-bond donors (Lipinski definition) is 3. The highest BCUT2D eigenvalue weighted by atomic mass is 35.5. The second-order valence-corrected chi connectivity index (χ2v) is 11.2. The van der Waals surface area contributed by atoms with Gasteiger partial charge in [-0.1, -0.05) is 11.6 Å². The summed E-state index contributed by atoms with van der Waals surface area (Å²) in [5, 5.41) is 16.6. The van der Waals surface area contributed by atoms with Gasteiger partial charge in [0.15, 0.2) is 9.84 Å². The van der Waals surface area contributed by atoms with Gasteiger partial charge in [-0.2, -0.15) is 0 Å². The van der Waals surface area contributed by atoms with E-state index in [2.05, 4.69) is 15.6 Å². The lowest BCUT2D eigenvalue weighted by Crippen LogP contribution is -2.40. The number of sulfone groups is 1. The highest BCUT2D eigenvalue weighted by Gasteiger charge is 2.24. The number of carbonyl (C=O) groups is 1. The second-order valence-electron chi connectivity index (χ2n) is 8.71. The van der Waals surface area contributed by atoms with E-state index in [0.29, 0.717) is 22.2 Å². The van der Waals surface area contributed by atoms with Crippen LogP contribution >= 0.6 is 11.6 Å². The first-order valence-corrected chi connectivity index (χ1v) is 13.3. The van der Waals surface area contributed by atoms with Crippen molar-refractivity contribution in [1.82, 2.24) is 14.9 Å². The predicted octanol–water partition coefficient (Wildman–Crippen LogP) is 4.69. The van der Waals surface area contributed by atoms with Crippen LogP contribution in [0, 0.1) is 5.92 Å². The molecule has 0 bridgehead atoms. The van der Waals surface area contributed by atoms with Gasteiger partial charge in [0.25, 0.3) is 0 Å². The van der Waals surface area contributed by atoms with Crippen LogP contribution in [0.3, 0.4) is 0 Å². The Morgan fingerprint density at radius 1 is 1.15 bits per heavy atom. The molecule has 10 heteroatoms. The minimum atomic E-state index is -3.27. The average Bonchev–Trinajstić information content (AvgIpc) is 3.24. The van der Waals surface area contributed by atoms with Crippen LogP contribution in [0.15, 0.2) is 59.9 Å². The molecule has 8 nitrogen and oxygen atoms in total. The molecule has 4 rings (SSSR count). The third-order valence-electron chi connectivity index (χ3n) is 6.12. The molecule has 1 aliphatic carbocycles. The molecule has 2 amide bonds. The topological polar surface area (TPSA) is 113 Å². The number of carbonyl (C=O) groups excluding carboxylic acids is 1. The van der Waals surface area contributed by atoms with E-state index in [-0.39, 0.29) is 22.7 Å². The Kier molecular flexibility index (Phi) is 7.13. The standard InChI is InChI=1S/C24H27ClN4O4S/c1-34(32,33)20-9-7-19(8-10-20)28-24(31)27-18-5-2-16(3-6-18)14-29-15-26-13-22(29)21-12-17(25)4-11-23(21)30/h4,7-13,15-16,18,30H,2-3,5-6,14H2,1H3,(H2,27,28,31)/t16-,18+. The number of aromatic hydroxyl groups is 1. The Labute approximate surface area is 203 Å². The van der Waals surface area contributed by atoms with Crippen LogP contribution < -0.4 is 10.6 Å². The molecule has 1 aromatic heterocycles. The summed E-state index contributed by atoms with van der Waals surface area (Å²) in [6.45, 7) is 0.771. The molecule has 1 aliphatic rings. The maximum Gasteiger partial charge on any atom is 0.319 e.